The van der Waals surface area contributed by atoms with Crippen LogP contribution in [0, 0.1) is 0 Å². The number of amides is 1. The van der Waals surface area contributed by atoms with E-state index in [9.17, 15) is 9.90 Å². The van der Waals surface area contributed by atoms with E-state index >= 15 is 0 Å². The molecule has 0 aliphatic heterocycles. The molecule has 31 heavy (non-hydrogen) atoms. The summed E-state index contributed by atoms with van der Waals surface area (Å²) in [6, 6.07) is 24.0. The fourth-order valence-corrected chi connectivity index (χ4v) is 4.01. The third kappa shape index (κ3) is 5.25. The summed E-state index contributed by atoms with van der Waals surface area (Å²) in [5.41, 5.74) is 2.30. The number of carbonyl (C=O) groups excluding carboxylic acids is 1. The minimum Gasteiger partial charge on any atom is -0.506 e. The van der Waals surface area contributed by atoms with Crippen LogP contribution < -0.4 is 5.32 Å². The molecule has 2 N–H and O–H groups in total. The molecule has 0 bridgehead atoms. The van der Waals surface area contributed by atoms with E-state index in [2.05, 4.69) is 15.5 Å². The number of thioether (sulfide) groups is 1. The molecule has 0 fully saturated rings. The van der Waals surface area contributed by atoms with E-state index in [4.69, 9.17) is 11.6 Å². The summed E-state index contributed by atoms with van der Waals surface area (Å²) in [5, 5.41) is 22.4. The van der Waals surface area contributed by atoms with Crippen molar-refractivity contribution in [3.8, 4) is 11.4 Å². The third-order valence-electron chi connectivity index (χ3n) is 4.48. The normalized spacial score (nSPS) is 10.7. The minimum atomic E-state index is -0.253. The first-order valence-corrected chi connectivity index (χ1v) is 10.9. The van der Waals surface area contributed by atoms with Gasteiger partial charge in [0.15, 0.2) is 5.16 Å². The molecule has 0 spiro atoms. The Bertz CT molecular complexity index is 1200. The number of hydrogen-bond acceptors (Lipinski definition) is 5. The summed E-state index contributed by atoms with van der Waals surface area (Å²) < 4.78 is 1.91. The average molecular weight is 451 g/mol. The van der Waals surface area contributed by atoms with Gasteiger partial charge < -0.3 is 10.4 Å². The second-order valence-corrected chi connectivity index (χ2v) is 8.11. The van der Waals surface area contributed by atoms with Crippen LogP contribution in [0.25, 0.3) is 5.69 Å². The largest absolute Gasteiger partial charge is 0.506 e. The second-order valence-electron chi connectivity index (χ2n) is 6.73. The van der Waals surface area contributed by atoms with E-state index in [1.807, 2.05) is 53.1 Å². The van der Waals surface area contributed by atoms with Crippen LogP contribution in [0.1, 0.15) is 11.4 Å². The fourth-order valence-electron chi connectivity index (χ4n) is 3.06. The van der Waals surface area contributed by atoms with E-state index in [1.165, 1.54) is 17.8 Å². The van der Waals surface area contributed by atoms with Gasteiger partial charge in [0.25, 0.3) is 0 Å². The lowest BCUT2D eigenvalue weighted by Crippen LogP contribution is -2.14. The molecule has 3 aromatic carbocycles. The molecule has 1 heterocycles. The van der Waals surface area contributed by atoms with Crippen molar-refractivity contribution < 1.29 is 9.90 Å². The van der Waals surface area contributed by atoms with Crippen molar-refractivity contribution in [2.75, 3.05) is 11.1 Å². The van der Waals surface area contributed by atoms with Gasteiger partial charge in [-0.1, -0.05) is 71.9 Å². The van der Waals surface area contributed by atoms with E-state index in [-0.39, 0.29) is 17.4 Å². The Morgan fingerprint density at radius 1 is 1.00 bits per heavy atom. The molecule has 0 atom stereocenters. The molecule has 8 heteroatoms. The summed E-state index contributed by atoms with van der Waals surface area (Å²) in [4.78, 5) is 12.4. The van der Waals surface area contributed by atoms with Gasteiger partial charge in [-0.3, -0.25) is 9.36 Å². The van der Waals surface area contributed by atoms with Gasteiger partial charge in [0, 0.05) is 11.4 Å². The minimum absolute atomic E-state index is 0.0214. The Labute approximate surface area is 188 Å². The van der Waals surface area contributed by atoms with Crippen LogP contribution in [0.5, 0.6) is 5.75 Å². The van der Waals surface area contributed by atoms with Crippen molar-refractivity contribution in [1.82, 2.24) is 14.8 Å². The zero-order valence-electron chi connectivity index (χ0n) is 16.4. The van der Waals surface area contributed by atoms with Gasteiger partial charge in [-0.2, -0.15) is 0 Å². The summed E-state index contributed by atoms with van der Waals surface area (Å²) >= 11 is 7.48. The van der Waals surface area contributed by atoms with Gasteiger partial charge in [-0.05, 0) is 35.9 Å². The Kier molecular flexibility index (Phi) is 6.54. The number of anilines is 1. The monoisotopic (exact) mass is 450 g/mol. The lowest BCUT2D eigenvalue weighted by molar-refractivity contribution is -0.113. The summed E-state index contributed by atoms with van der Waals surface area (Å²) in [6.07, 6.45) is 0.588. The first kappa shape index (κ1) is 21.0. The Hall–Kier alpha value is -3.29. The van der Waals surface area contributed by atoms with E-state index in [0.717, 1.165) is 17.1 Å². The molecular formula is C23H19ClN4O2S. The lowest BCUT2D eigenvalue weighted by atomic mass is 10.1. The SMILES string of the molecule is O=C(CSc1nnc(Cc2ccccc2)n1-c1cccc(Cl)c1)Nc1ccccc1O. The van der Waals surface area contributed by atoms with Gasteiger partial charge >= 0.3 is 0 Å². The molecule has 4 aromatic rings. The number of nitrogens with one attached hydrogen (secondary N) is 1. The van der Waals surface area contributed by atoms with Crippen molar-refractivity contribution in [1.29, 1.82) is 0 Å². The van der Waals surface area contributed by atoms with Gasteiger partial charge in [0.2, 0.25) is 5.91 Å². The predicted octanol–water partition coefficient (Wildman–Crippen LogP) is 4.95. The molecule has 0 saturated heterocycles. The fraction of sp³-hybridized carbons (Fsp3) is 0.0870. The lowest BCUT2D eigenvalue weighted by Gasteiger charge is -2.11. The van der Waals surface area contributed by atoms with Crippen molar-refractivity contribution in [2.45, 2.75) is 11.6 Å². The van der Waals surface area contributed by atoms with Crippen molar-refractivity contribution in [3.63, 3.8) is 0 Å². The van der Waals surface area contributed by atoms with E-state index in [1.54, 1.807) is 24.3 Å². The number of hydrogen-bond donors (Lipinski definition) is 2. The van der Waals surface area contributed by atoms with Crippen LogP contribution in [0.4, 0.5) is 5.69 Å². The van der Waals surface area contributed by atoms with Crippen LogP contribution in [0.3, 0.4) is 0 Å². The number of nitrogens with zero attached hydrogens (tertiary/aromatic N) is 3. The van der Waals surface area contributed by atoms with Crippen LogP contribution in [0.2, 0.25) is 5.02 Å². The Morgan fingerprint density at radius 2 is 1.77 bits per heavy atom. The number of aromatic hydroxyl groups is 1. The van der Waals surface area contributed by atoms with Crippen molar-refractivity contribution >= 4 is 35.0 Å². The van der Waals surface area contributed by atoms with Gasteiger partial charge in [-0.15, -0.1) is 10.2 Å². The summed E-state index contributed by atoms with van der Waals surface area (Å²) in [7, 11) is 0. The number of phenols is 1. The van der Waals surface area contributed by atoms with Crippen LogP contribution >= 0.6 is 23.4 Å². The first-order valence-electron chi connectivity index (χ1n) is 9.55. The van der Waals surface area contributed by atoms with Crippen molar-refractivity contribution in [2.24, 2.45) is 0 Å². The predicted molar refractivity (Wildman–Crippen MR) is 123 cm³/mol. The Balaban J connectivity index is 1.57. The highest BCUT2D eigenvalue weighted by Gasteiger charge is 2.17. The van der Waals surface area contributed by atoms with E-state index in [0.29, 0.717) is 22.3 Å². The molecule has 1 amide bonds. The molecule has 0 unspecified atom stereocenters. The van der Waals surface area contributed by atoms with Gasteiger partial charge in [0.1, 0.15) is 11.6 Å². The standard InChI is InChI=1S/C23H19ClN4O2S/c24-17-9-6-10-18(14-17)28-21(13-16-7-2-1-3-8-16)26-27-23(28)31-15-22(30)25-19-11-4-5-12-20(19)29/h1-12,14,29H,13,15H2,(H,25,30). The highest BCUT2D eigenvalue weighted by Crippen LogP contribution is 2.26. The smallest absolute Gasteiger partial charge is 0.234 e. The molecule has 4 rings (SSSR count). The number of halogens is 1. The summed E-state index contributed by atoms with van der Waals surface area (Å²) in [6.45, 7) is 0. The Morgan fingerprint density at radius 3 is 2.55 bits per heavy atom. The zero-order valence-corrected chi connectivity index (χ0v) is 18.0. The summed E-state index contributed by atoms with van der Waals surface area (Å²) in [5.74, 6) is 0.625. The molecular weight excluding hydrogens is 432 g/mol. The van der Waals surface area contributed by atoms with Crippen molar-refractivity contribution in [3.05, 3.63) is 95.3 Å². The maximum atomic E-state index is 12.4. The maximum Gasteiger partial charge on any atom is 0.234 e. The van der Waals surface area contributed by atoms with Gasteiger partial charge in [0.05, 0.1) is 17.1 Å². The maximum absolute atomic E-state index is 12.4. The van der Waals surface area contributed by atoms with Crippen LogP contribution in [0.15, 0.2) is 84.0 Å². The third-order valence-corrected chi connectivity index (χ3v) is 5.65. The molecule has 6 nitrogen and oxygen atoms in total. The van der Waals surface area contributed by atoms with E-state index < -0.39 is 0 Å². The van der Waals surface area contributed by atoms with Crippen LogP contribution in [-0.4, -0.2) is 31.5 Å². The average Bonchev–Trinajstić information content (AvgIpc) is 3.17. The van der Waals surface area contributed by atoms with Crippen LogP contribution in [-0.2, 0) is 11.2 Å². The second kappa shape index (κ2) is 9.68. The zero-order chi connectivity index (χ0) is 21.6. The molecule has 0 saturated carbocycles. The molecule has 0 aliphatic rings. The number of benzene rings is 3. The molecule has 156 valence electrons. The highest BCUT2D eigenvalue weighted by atomic mass is 35.5. The molecule has 0 radical (unpaired) electrons. The number of aromatic nitrogens is 3. The topological polar surface area (TPSA) is 80.0 Å². The number of phenolic OH excluding ortho intramolecular Hbond substituents is 1. The molecule has 1 aromatic heterocycles. The number of rotatable bonds is 7. The number of para-hydroxylation sites is 2. The first-order chi connectivity index (χ1) is 15.1. The quantitative estimate of drug-likeness (QED) is 0.307. The molecule has 0 aliphatic carbocycles. The number of carbonyl (C=O) groups is 1. The van der Waals surface area contributed by atoms with Gasteiger partial charge in [-0.25, -0.2) is 0 Å². The highest BCUT2D eigenvalue weighted by molar-refractivity contribution is 7.99.